The van der Waals surface area contributed by atoms with Crippen molar-refractivity contribution in [2.45, 2.75) is 19.4 Å². The van der Waals surface area contributed by atoms with Crippen molar-refractivity contribution in [3.63, 3.8) is 0 Å². The first-order chi connectivity index (χ1) is 14.1. The zero-order valence-electron chi connectivity index (χ0n) is 15.9. The zero-order valence-corrected chi connectivity index (χ0v) is 17.5. The highest BCUT2D eigenvalue weighted by molar-refractivity contribution is 7.11. The van der Waals surface area contributed by atoms with Crippen molar-refractivity contribution >= 4 is 28.8 Å². The largest absolute Gasteiger partial charge is 0.492 e. The standard InChI is InChI=1S/C20H21ClN4O3S/c1-13-19(29-12-22-13)20(26)25-7-9-28-18(11-25)16-10-14(23-24-16)6-8-27-17-5-3-2-4-15(17)21/h2-5,10,12,18H,6-9,11H2,1H3,(H,23,24)/t18-/m1/s1. The number of amides is 1. The number of thiazole rings is 1. The van der Waals surface area contributed by atoms with Gasteiger partial charge >= 0.3 is 0 Å². The first-order valence-electron chi connectivity index (χ1n) is 9.34. The predicted octanol–water partition coefficient (Wildman–Crippen LogP) is 3.66. The van der Waals surface area contributed by atoms with Gasteiger partial charge in [0.1, 0.15) is 16.7 Å². The average molecular weight is 433 g/mol. The lowest BCUT2D eigenvalue weighted by atomic mass is 10.1. The monoisotopic (exact) mass is 432 g/mol. The summed E-state index contributed by atoms with van der Waals surface area (Å²) in [4.78, 5) is 19.4. The quantitative estimate of drug-likeness (QED) is 0.642. The Labute approximate surface area is 177 Å². The summed E-state index contributed by atoms with van der Waals surface area (Å²) >= 11 is 7.47. The minimum atomic E-state index is -0.254. The van der Waals surface area contributed by atoms with Gasteiger partial charge in [-0.1, -0.05) is 23.7 Å². The van der Waals surface area contributed by atoms with E-state index in [1.807, 2.05) is 36.1 Å². The minimum absolute atomic E-state index is 0.00204. The highest BCUT2D eigenvalue weighted by Crippen LogP contribution is 2.25. The number of aryl methyl sites for hydroxylation is 1. The molecule has 0 spiro atoms. The first kappa shape index (κ1) is 19.9. The van der Waals surface area contributed by atoms with Crippen LogP contribution in [0.4, 0.5) is 0 Å². The molecule has 2 aromatic heterocycles. The number of para-hydroxylation sites is 1. The predicted molar refractivity (Wildman–Crippen MR) is 111 cm³/mol. The Balaban J connectivity index is 1.34. The van der Waals surface area contributed by atoms with E-state index in [9.17, 15) is 4.79 Å². The summed E-state index contributed by atoms with van der Waals surface area (Å²) in [5.74, 6) is 0.666. The summed E-state index contributed by atoms with van der Waals surface area (Å²) in [7, 11) is 0. The van der Waals surface area contributed by atoms with Crippen molar-refractivity contribution in [3.05, 3.63) is 62.8 Å². The SMILES string of the molecule is Cc1ncsc1C(=O)N1CCO[C@@H](c2cc(CCOc3ccccc3Cl)[nH]n2)C1. The van der Waals surface area contributed by atoms with E-state index in [1.54, 1.807) is 11.6 Å². The van der Waals surface area contributed by atoms with E-state index in [2.05, 4.69) is 15.2 Å². The van der Waals surface area contributed by atoms with Crippen LogP contribution < -0.4 is 4.74 Å². The molecule has 1 N–H and O–H groups in total. The second-order valence-corrected chi connectivity index (χ2v) is 7.99. The number of nitrogens with one attached hydrogen (secondary N) is 1. The molecule has 29 heavy (non-hydrogen) atoms. The van der Waals surface area contributed by atoms with E-state index in [1.165, 1.54) is 11.3 Å². The summed E-state index contributed by atoms with van der Waals surface area (Å²) in [5.41, 5.74) is 4.20. The molecule has 7 nitrogen and oxygen atoms in total. The Kier molecular flexibility index (Phi) is 6.13. The van der Waals surface area contributed by atoms with Gasteiger partial charge in [0.2, 0.25) is 0 Å². The van der Waals surface area contributed by atoms with Crippen molar-refractivity contribution in [2.75, 3.05) is 26.3 Å². The number of benzene rings is 1. The van der Waals surface area contributed by atoms with Gasteiger partial charge < -0.3 is 14.4 Å². The number of H-pyrrole nitrogens is 1. The molecule has 1 atom stereocenters. The molecular weight excluding hydrogens is 412 g/mol. The second kappa shape index (κ2) is 8.94. The van der Waals surface area contributed by atoms with E-state index >= 15 is 0 Å². The summed E-state index contributed by atoms with van der Waals surface area (Å²) in [6, 6.07) is 9.35. The molecule has 3 heterocycles. The maximum atomic E-state index is 12.8. The van der Waals surface area contributed by atoms with Crippen LogP contribution in [0.2, 0.25) is 5.02 Å². The van der Waals surface area contributed by atoms with E-state index < -0.39 is 0 Å². The molecule has 1 amide bonds. The molecule has 1 aliphatic rings. The third-order valence-electron chi connectivity index (χ3n) is 4.74. The normalized spacial score (nSPS) is 16.8. The Bertz CT molecular complexity index is 990. The van der Waals surface area contributed by atoms with Gasteiger partial charge in [-0.25, -0.2) is 4.98 Å². The van der Waals surface area contributed by atoms with E-state index in [0.29, 0.717) is 48.4 Å². The Hall–Kier alpha value is -2.42. The topological polar surface area (TPSA) is 80.3 Å². The van der Waals surface area contributed by atoms with E-state index in [-0.39, 0.29) is 12.0 Å². The van der Waals surface area contributed by atoms with Gasteiger partial charge in [0.15, 0.2) is 0 Å². The van der Waals surface area contributed by atoms with Crippen LogP contribution in [0.25, 0.3) is 0 Å². The van der Waals surface area contributed by atoms with Crippen LogP contribution in [0.5, 0.6) is 5.75 Å². The fourth-order valence-electron chi connectivity index (χ4n) is 3.17. The number of nitrogens with zero attached hydrogens (tertiary/aromatic N) is 3. The van der Waals surface area contributed by atoms with Gasteiger partial charge in [-0.2, -0.15) is 5.10 Å². The molecule has 0 unspecified atom stereocenters. The fourth-order valence-corrected chi connectivity index (χ4v) is 4.13. The van der Waals surface area contributed by atoms with Crippen molar-refractivity contribution < 1.29 is 14.3 Å². The number of carbonyl (C=O) groups excluding carboxylic acids is 1. The van der Waals surface area contributed by atoms with Crippen LogP contribution in [0, 0.1) is 6.92 Å². The number of ether oxygens (including phenoxy) is 2. The number of morpholine rings is 1. The highest BCUT2D eigenvalue weighted by atomic mass is 35.5. The Morgan fingerprint density at radius 1 is 1.45 bits per heavy atom. The van der Waals surface area contributed by atoms with Gasteiger partial charge in [0.25, 0.3) is 5.91 Å². The molecule has 152 valence electrons. The number of hydrogen-bond acceptors (Lipinski definition) is 6. The maximum absolute atomic E-state index is 12.8. The number of hydrogen-bond donors (Lipinski definition) is 1. The number of aromatic amines is 1. The minimum Gasteiger partial charge on any atom is -0.492 e. The number of carbonyl (C=O) groups is 1. The molecule has 1 aliphatic heterocycles. The summed E-state index contributed by atoms with van der Waals surface area (Å²) in [6.07, 6.45) is 0.406. The summed E-state index contributed by atoms with van der Waals surface area (Å²) < 4.78 is 11.6. The third kappa shape index (κ3) is 4.60. The Morgan fingerprint density at radius 2 is 2.31 bits per heavy atom. The maximum Gasteiger partial charge on any atom is 0.266 e. The van der Waals surface area contributed by atoms with Crippen molar-refractivity contribution in [3.8, 4) is 5.75 Å². The fraction of sp³-hybridized carbons (Fsp3) is 0.350. The van der Waals surface area contributed by atoms with E-state index in [0.717, 1.165) is 17.1 Å². The van der Waals surface area contributed by atoms with Crippen LogP contribution in [0.1, 0.15) is 32.9 Å². The van der Waals surface area contributed by atoms with Crippen LogP contribution in [0.3, 0.4) is 0 Å². The van der Waals surface area contributed by atoms with Gasteiger partial charge in [-0.15, -0.1) is 11.3 Å². The molecular formula is C20H21ClN4O3S. The van der Waals surface area contributed by atoms with Crippen LogP contribution >= 0.6 is 22.9 Å². The molecule has 3 aromatic rings. The smallest absolute Gasteiger partial charge is 0.266 e. The number of halogens is 1. The van der Waals surface area contributed by atoms with Gasteiger partial charge in [0, 0.05) is 18.7 Å². The van der Waals surface area contributed by atoms with Crippen LogP contribution in [-0.4, -0.2) is 52.3 Å². The molecule has 0 bridgehead atoms. The van der Waals surface area contributed by atoms with E-state index in [4.69, 9.17) is 21.1 Å². The lowest BCUT2D eigenvalue weighted by Gasteiger charge is -2.31. The summed E-state index contributed by atoms with van der Waals surface area (Å²) in [5, 5.41) is 8.00. The molecule has 0 saturated carbocycles. The zero-order chi connectivity index (χ0) is 20.2. The Morgan fingerprint density at radius 3 is 3.10 bits per heavy atom. The van der Waals surface area contributed by atoms with Crippen molar-refractivity contribution in [2.24, 2.45) is 0 Å². The lowest BCUT2D eigenvalue weighted by Crippen LogP contribution is -2.42. The van der Waals surface area contributed by atoms with Gasteiger partial charge in [-0.3, -0.25) is 9.89 Å². The molecule has 9 heteroatoms. The molecule has 1 aromatic carbocycles. The second-order valence-electron chi connectivity index (χ2n) is 6.72. The third-order valence-corrected chi connectivity index (χ3v) is 5.97. The molecule has 0 radical (unpaired) electrons. The van der Waals surface area contributed by atoms with Crippen LogP contribution in [-0.2, 0) is 11.2 Å². The van der Waals surface area contributed by atoms with Gasteiger partial charge in [-0.05, 0) is 25.1 Å². The average Bonchev–Trinajstić information content (AvgIpc) is 3.38. The number of aromatic nitrogens is 3. The molecule has 1 saturated heterocycles. The van der Waals surface area contributed by atoms with Crippen molar-refractivity contribution in [1.29, 1.82) is 0 Å². The highest BCUT2D eigenvalue weighted by Gasteiger charge is 2.29. The van der Waals surface area contributed by atoms with Crippen LogP contribution in [0.15, 0.2) is 35.8 Å². The van der Waals surface area contributed by atoms with Crippen molar-refractivity contribution in [1.82, 2.24) is 20.1 Å². The molecule has 1 fully saturated rings. The first-order valence-corrected chi connectivity index (χ1v) is 10.6. The summed E-state index contributed by atoms with van der Waals surface area (Å²) in [6.45, 7) is 3.84. The molecule has 0 aliphatic carbocycles. The lowest BCUT2D eigenvalue weighted by molar-refractivity contribution is -0.0246. The number of rotatable bonds is 6. The molecule has 4 rings (SSSR count). The van der Waals surface area contributed by atoms with Gasteiger partial charge in [0.05, 0.1) is 41.7 Å².